The van der Waals surface area contributed by atoms with Gasteiger partial charge in [0.1, 0.15) is 5.75 Å². The third-order valence-corrected chi connectivity index (χ3v) is 7.84. The summed E-state index contributed by atoms with van der Waals surface area (Å²) in [4.78, 5) is 15.0. The molecule has 1 saturated heterocycles. The zero-order valence-electron chi connectivity index (χ0n) is 19.2. The highest BCUT2D eigenvalue weighted by molar-refractivity contribution is 7.88. The van der Waals surface area contributed by atoms with Crippen LogP contribution in [0.3, 0.4) is 0 Å². The maximum Gasteiger partial charge on any atom is 0.223 e. The van der Waals surface area contributed by atoms with E-state index in [1.807, 2.05) is 17.9 Å². The zero-order valence-corrected chi connectivity index (χ0v) is 20.0. The Morgan fingerprint density at radius 1 is 1.12 bits per heavy atom. The monoisotopic (exact) mass is 464 g/mol. The number of nitrogens with zero attached hydrogens (tertiary/aromatic N) is 1. The summed E-state index contributed by atoms with van der Waals surface area (Å²) in [5.41, 5.74) is 1.33. The molecule has 1 amide bonds. The van der Waals surface area contributed by atoms with E-state index in [1.165, 1.54) is 11.8 Å². The maximum absolute atomic E-state index is 13.1. The summed E-state index contributed by atoms with van der Waals surface area (Å²) in [7, 11) is -3.37. The smallest absolute Gasteiger partial charge is 0.223 e. The van der Waals surface area contributed by atoms with Gasteiger partial charge in [0.2, 0.25) is 15.9 Å². The lowest BCUT2D eigenvalue weighted by Crippen LogP contribution is -2.50. The van der Waals surface area contributed by atoms with Crippen molar-refractivity contribution in [2.24, 2.45) is 0 Å². The number of ether oxygens (including phenoxy) is 2. The molecule has 2 fully saturated rings. The van der Waals surface area contributed by atoms with E-state index in [0.29, 0.717) is 32.0 Å². The Morgan fingerprint density at radius 2 is 1.91 bits per heavy atom. The van der Waals surface area contributed by atoms with Crippen LogP contribution in [0.4, 0.5) is 0 Å². The molecule has 32 heavy (non-hydrogen) atoms. The SMILES string of the molecule is CC1CC(NS(C)(=O)=O)C2COC3CCC(CC3)c3cccc(c3)OCCCCC(=O)N12. The van der Waals surface area contributed by atoms with E-state index in [4.69, 9.17) is 9.47 Å². The molecule has 1 N–H and O–H groups in total. The van der Waals surface area contributed by atoms with Gasteiger partial charge in [-0.05, 0) is 75.5 Å². The molecule has 3 atom stereocenters. The second-order valence-corrected chi connectivity index (χ2v) is 11.4. The van der Waals surface area contributed by atoms with E-state index in [9.17, 15) is 13.2 Å². The molecule has 8 heteroatoms. The van der Waals surface area contributed by atoms with E-state index in [0.717, 1.165) is 44.3 Å². The predicted octanol–water partition coefficient (Wildman–Crippen LogP) is 3.20. The number of rotatable bonds is 2. The first-order valence-corrected chi connectivity index (χ1v) is 13.8. The van der Waals surface area contributed by atoms with Crippen molar-refractivity contribution in [1.82, 2.24) is 9.62 Å². The summed E-state index contributed by atoms with van der Waals surface area (Å²) >= 11 is 0. The first kappa shape index (κ1) is 23.5. The van der Waals surface area contributed by atoms with Crippen molar-refractivity contribution in [2.75, 3.05) is 19.5 Å². The number of carbonyl (C=O) groups is 1. The average molecular weight is 465 g/mol. The molecular formula is C24H36N2O5S. The summed E-state index contributed by atoms with van der Waals surface area (Å²) in [5.74, 6) is 1.48. The van der Waals surface area contributed by atoms with Gasteiger partial charge in [-0.1, -0.05) is 12.1 Å². The van der Waals surface area contributed by atoms with Gasteiger partial charge in [-0.15, -0.1) is 0 Å². The molecule has 3 heterocycles. The first-order valence-electron chi connectivity index (χ1n) is 11.9. The summed E-state index contributed by atoms with van der Waals surface area (Å²) in [6, 6.07) is 7.81. The summed E-state index contributed by atoms with van der Waals surface area (Å²) in [6.45, 7) is 2.96. The normalized spacial score (nSPS) is 32.2. The number of hydrogen-bond acceptors (Lipinski definition) is 5. The number of fused-ring (bicyclic) bond motifs is 8. The Labute approximate surface area is 191 Å². The van der Waals surface area contributed by atoms with Crippen molar-refractivity contribution in [3.8, 4) is 5.75 Å². The molecular weight excluding hydrogens is 428 g/mol. The summed E-state index contributed by atoms with van der Waals surface area (Å²) in [6.07, 6.45) is 7.96. The van der Waals surface area contributed by atoms with Crippen molar-refractivity contribution in [2.45, 2.75) is 88.4 Å². The van der Waals surface area contributed by atoms with Crippen LogP contribution >= 0.6 is 0 Å². The molecule has 3 aliphatic heterocycles. The maximum atomic E-state index is 13.1. The number of hydrogen-bond donors (Lipinski definition) is 1. The fraction of sp³-hybridized carbons (Fsp3) is 0.708. The Kier molecular flexibility index (Phi) is 7.42. The molecule has 5 rings (SSSR count). The highest BCUT2D eigenvalue weighted by atomic mass is 32.2. The largest absolute Gasteiger partial charge is 0.494 e. The second-order valence-electron chi connectivity index (χ2n) is 9.63. The van der Waals surface area contributed by atoms with Crippen LogP contribution in [-0.2, 0) is 19.6 Å². The average Bonchev–Trinajstić information content (AvgIpc) is 3.05. The minimum absolute atomic E-state index is 0.0223. The highest BCUT2D eigenvalue weighted by Crippen LogP contribution is 2.36. The highest BCUT2D eigenvalue weighted by Gasteiger charge is 2.43. The number of sulfonamides is 1. The molecule has 1 aromatic rings. The van der Waals surface area contributed by atoms with E-state index in [-0.39, 0.29) is 30.1 Å². The molecule has 0 radical (unpaired) electrons. The van der Waals surface area contributed by atoms with Crippen LogP contribution in [0, 0.1) is 0 Å². The van der Waals surface area contributed by atoms with Crippen molar-refractivity contribution in [3.63, 3.8) is 0 Å². The molecule has 3 unspecified atom stereocenters. The number of benzene rings is 1. The lowest BCUT2D eigenvalue weighted by molar-refractivity contribution is -0.136. The quantitative estimate of drug-likeness (QED) is 0.727. The fourth-order valence-electron chi connectivity index (χ4n) is 5.54. The Balaban J connectivity index is 1.51. The van der Waals surface area contributed by atoms with Gasteiger partial charge in [0.25, 0.3) is 0 Å². The standard InChI is InChI=1S/C24H36N2O5S/c1-17-14-22(25-32(2,28)29)23-16-31-20-11-9-18(10-12-20)19-6-5-7-21(15-19)30-13-4-3-8-24(27)26(17)23/h5-7,15,17-18,20,22-23,25H,3-4,8-14,16H2,1-2H3. The van der Waals surface area contributed by atoms with Crippen molar-refractivity contribution < 1.29 is 22.7 Å². The lowest BCUT2D eigenvalue weighted by Gasteiger charge is -2.34. The third-order valence-electron chi connectivity index (χ3n) is 7.11. The minimum Gasteiger partial charge on any atom is -0.494 e. The van der Waals surface area contributed by atoms with Crippen LogP contribution in [0.1, 0.15) is 69.8 Å². The molecule has 4 aliphatic rings. The van der Waals surface area contributed by atoms with Crippen molar-refractivity contribution >= 4 is 15.9 Å². The Morgan fingerprint density at radius 3 is 2.66 bits per heavy atom. The van der Waals surface area contributed by atoms with Crippen molar-refractivity contribution in [3.05, 3.63) is 29.8 Å². The van der Waals surface area contributed by atoms with E-state index >= 15 is 0 Å². The molecule has 1 saturated carbocycles. The van der Waals surface area contributed by atoms with Gasteiger partial charge < -0.3 is 14.4 Å². The van der Waals surface area contributed by atoms with Gasteiger partial charge in [0.05, 0.1) is 31.6 Å². The molecule has 1 aliphatic carbocycles. The Hall–Kier alpha value is -1.64. The number of nitrogens with one attached hydrogen (secondary N) is 1. The summed E-state index contributed by atoms with van der Waals surface area (Å²) in [5, 5.41) is 0. The second kappa shape index (κ2) is 10.1. The molecule has 4 bridgehead atoms. The fourth-order valence-corrected chi connectivity index (χ4v) is 6.34. The molecule has 7 nitrogen and oxygen atoms in total. The molecule has 1 aromatic carbocycles. The summed E-state index contributed by atoms with van der Waals surface area (Å²) < 4.78 is 38.9. The number of amides is 1. The topological polar surface area (TPSA) is 84.9 Å². The lowest BCUT2D eigenvalue weighted by atomic mass is 9.82. The number of carbonyl (C=O) groups excluding carboxylic acids is 1. The zero-order chi connectivity index (χ0) is 22.7. The van der Waals surface area contributed by atoms with Crippen LogP contribution in [0.5, 0.6) is 5.75 Å². The Bertz CT molecular complexity index is 897. The van der Waals surface area contributed by atoms with E-state index in [1.54, 1.807) is 0 Å². The van der Waals surface area contributed by atoms with E-state index < -0.39 is 10.0 Å². The molecule has 0 spiro atoms. The van der Waals surface area contributed by atoms with Crippen LogP contribution < -0.4 is 9.46 Å². The van der Waals surface area contributed by atoms with Gasteiger partial charge >= 0.3 is 0 Å². The van der Waals surface area contributed by atoms with Gasteiger partial charge in [0, 0.05) is 18.5 Å². The van der Waals surface area contributed by atoms with Gasteiger partial charge in [-0.2, -0.15) is 0 Å². The van der Waals surface area contributed by atoms with Crippen molar-refractivity contribution in [1.29, 1.82) is 0 Å². The third kappa shape index (κ3) is 5.83. The minimum atomic E-state index is -3.37. The van der Waals surface area contributed by atoms with Gasteiger partial charge in [-0.25, -0.2) is 13.1 Å². The van der Waals surface area contributed by atoms with Gasteiger partial charge in [0.15, 0.2) is 0 Å². The van der Waals surface area contributed by atoms with Crippen LogP contribution in [0.25, 0.3) is 0 Å². The van der Waals surface area contributed by atoms with Crippen LogP contribution in [0.2, 0.25) is 0 Å². The first-order chi connectivity index (χ1) is 15.3. The molecule has 178 valence electrons. The van der Waals surface area contributed by atoms with E-state index in [2.05, 4.69) is 22.9 Å². The van der Waals surface area contributed by atoms with Crippen LogP contribution in [0.15, 0.2) is 24.3 Å². The van der Waals surface area contributed by atoms with Crippen LogP contribution in [-0.4, -0.2) is 62.9 Å². The predicted molar refractivity (Wildman–Crippen MR) is 123 cm³/mol. The molecule has 0 aromatic heterocycles. The van der Waals surface area contributed by atoms with Gasteiger partial charge in [-0.3, -0.25) is 4.79 Å².